The molecule has 0 amide bonds. The second-order valence-electron chi connectivity index (χ2n) is 4.42. The minimum Gasteiger partial charge on any atom is -0.496 e. The maximum Gasteiger partial charge on any atom is 0.134 e. The van der Waals surface area contributed by atoms with E-state index in [2.05, 4.69) is 34.7 Å². The second-order valence-corrected chi connectivity index (χ2v) is 5.37. The number of ether oxygens (including phenoxy) is 1. The van der Waals surface area contributed by atoms with Crippen molar-refractivity contribution in [2.24, 2.45) is 0 Å². The number of thiophene rings is 1. The third kappa shape index (κ3) is 3.78. The smallest absolute Gasteiger partial charge is 0.134 e. The lowest BCUT2D eigenvalue weighted by Crippen LogP contribution is -2.23. The topological polar surface area (TPSA) is 34.2 Å². The Morgan fingerprint density at radius 3 is 2.79 bits per heavy atom. The van der Waals surface area contributed by atoms with E-state index in [0.717, 1.165) is 25.1 Å². The van der Waals surface area contributed by atoms with Gasteiger partial charge in [0.25, 0.3) is 0 Å². The molecule has 1 N–H and O–H groups in total. The molecule has 0 saturated carbocycles. The number of hydrogen-bond donors (Lipinski definition) is 1. The third-order valence-corrected chi connectivity index (χ3v) is 4.04. The first-order valence-corrected chi connectivity index (χ1v) is 7.46. The van der Waals surface area contributed by atoms with Gasteiger partial charge in [-0.2, -0.15) is 0 Å². The van der Waals surface area contributed by atoms with Gasteiger partial charge in [-0.3, -0.25) is 4.98 Å². The third-order valence-electron chi connectivity index (χ3n) is 3.02. The standard InChI is InChI=1S/C15H20N2OS/c1-3-7-17-13(11-12-4-8-16-9-5-12)15-14(18-2)6-10-19-15/h4-6,8-10,13,17H,3,7,11H2,1-2H3. The number of nitrogens with zero attached hydrogens (tertiary/aromatic N) is 1. The second kappa shape index (κ2) is 7.26. The van der Waals surface area contributed by atoms with Crippen LogP contribution < -0.4 is 10.1 Å². The predicted molar refractivity (Wildman–Crippen MR) is 79.8 cm³/mol. The van der Waals surface area contributed by atoms with Crippen LogP contribution >= 0.6 is 11.3 Å². The zero-order valence-corrected chi connectivity index (χ0v) is 12.2. The molecule has 0 aliphatic carbocycles. The van der Waals surface area contributed by atoms with Crippen LogP contribution in [0.3, 0.4) is 0 Å². The number of nitrogens with one attached hydrogen (secondary N) is 1. The molecule has 2 aromatic heterocycles. The highest BCUT2D eigenvalue weighted by Crippen LogP contribution is 2.32. The molecule has 4 heteroatoms. The lowest BCUT2D eigenvalue weighted by atomic mass is 10.1. The van der Waals surface area contributed by atoms with Gasteiger partial charge < -0.3 is 10.1 Å². The van der Waals surface area contributed by atoms with Crippen molar-refractivity contribution in [3.05, 3.63) is 46.4 Å². The summed E-state index contributed by atoms with van der Waals surface area (Å²) in [4.78, 5) is 5.34. The quantitative estimate of drug-likeness (QED) is 0.841. The van der Waals surface area contributed by atoms with Crippen LogP contribution in [0.15, 0.2) is 36.0 Å². The summed E-state index contributed by atoms with van der Waals surface area (Å²) < 4.78 is 5.44. The molecule has 2 rings (SSSR count). The van der Waals surface area contributed by atoms with E-state index in [4.69, 9.17) is 4.74 Å². The molecule has 0 fully saturated rings. The van der Waals surface area contributed by atoms with Crippen molar-refractivity contribution in [2.75, 3.05) is 13.7 Å². The average Bonchev–Trinajstić information content (AvgIpc) is 2.93. The van der Waals surface area contributed by atoms with Crippen LogP contribution in [-0.2, 0) is 6.42 Å². The molecule has 1 atom stereocenters. The molecule has 2 aromatic rings. The van der Waals surface area contributed by atoms with Gasteiger partial charge in [-0.1, -0.05) is 6.92 Å². The lowest BCUT2D eigenvalue weighted by Gasteiger charge is -2.18. The zero-order chi connectivity index (χ0) is 13.5. The largest absolute Gasteiger partial charge is 0.496 e. The lowest BCUT2D eigenvalue weighted by molar-refractivity contribution is 0.402. The summed E-state index contributed by atoms with van der Waals surface area (Å²) >= 11 is 1.75. The summed E-state index contributed by atoms with van der Waals surface area (Å²) in [7, 11) is 1.73. The normalized spacial score (nSPS) is 12.3. The van der Waals surface area contributed by atoms with E-state index in [1.807, 2.05) is 18.5 Å². The van der Waals surface area contributed by atoms with E-state index in [1.165, 1.54) is 10.4 Å². The van der Waals surface area contributed by atoms with Gasteiger partial charge in [-0.05, 0) is 48.5 Å². The number of hydrogen-bond acceptors (Lipinski definition) is 4. The van der Waals surface area contributed by atoms with Crippen molar-refractivity contribution in [1.29, 1.82) is 0 Å². The molecule has 1 unspecified atom stereocenters. The summed E-state index contributed by atoms with van der Waals surface area (Å²) in [6.45, 7) is 3.19. The van der Waals surface area contributed by atoms with Gasteiger partial charge in [-0.15, -0.1) is 11.3 Å². The molecule has 3 nitrogen and oxygen atoms in total. The van der Waals surface area contributed by atoms with Crippen LogP contribution in [0, 0.1) is 0 Å². The van der Waals surface area contributed by atoms with Gasteiger partial charge >= 0.3 is 0 Å². The fourth-order valence-corrected chi connectivity index (χ4v) is 3.00. The molecule has 0 aliphatic heterocycles. The molecule has 0 saturated heterocycles. The molecular weight excluding hydrogens is 256 g/mol. The van der Waals surface area contributed by atoms with Gasteiger partial charge in [0, 0.05) is 18.4 Å². The van der Waals surface area contributed by atoms with Crippen LogP contribution in [-0.4, -0.2) is 18.6 Å². The predicted octanol–water partition coefficient (Wildman–Crippen LogP) is 3.44. The summed E-state index contributed by atoms with van der Waals surface area (Å²) in [6.07, 6.45) is 5.77. The molecular formula is C15H20N2OS. The van der Waals surface area contributed by atoms with Gasteiger partial charge in [0.1, 0.15) is 5.75 Å². The Bertz CT molecular complexity index is 484. The zero-order valence-electron chi connectivity index (χ0n) is 11.4. The molecule has 19 heavy (non-hydrogen) atoms. The summed E-state index contributed by atoms with van der Waals surface area (Å²) in [5, 5.41) is 5.69. The maximum absolute atomic E-state index is 5.44. The maximum atomic E-state index is 5.44. The molecule has 2 heterocycles. The van der Waals surface area contributed by atoms with Gasteiger partial charge in [0.15, 0.2) is 0 Å². The minimum absolute atomic E-state index is 0.303. The number of methoxy groups -OCH3 is 1. The average molecular weight is 276 g/mol. The Balaban J connectivity index is 2.16. The SMILES string of the molecule is CCCNC(Cc1ccncc1)c1sccc1OC. The Labute approximate surface area is 118 Å². The summed E-state index contributed by atoms with van der Waals surface area (Å²) in [5.74, 6) is 0.979. The highest BCUT2D eigenvalue weighted by molar-refractivity contribution is 7.10. The van der Waals surface area contributed by atoms with E-state index in [-0.39, 0.29) is 0 Å². The van der Waals surface area contributed by atoms with Crippen LogP contribution in [0.25, 0.3) is 0 Å². The number of aromatic nitrogens is 1. The summed E-state index contributed by atoms with van der Waals surface area (Å²) in [6, 6.07) is 6.48. The van der Waals surface area contributed by atoms with Gasteiger partial charge in [-0.25, -0.2) is 0 Å². The number of pyridine rings is 1. The van der Waals surface area contributed by atoms with Crippen LogP contribution in [0.1, 0.15) is 29.8 Å². The van der Waals surface area contributed by atoms with Crippen LogP contribution in [0.4, 0.5) is 0 Å². The van der Waals surface area contributed by atoms with Crippen molar-refractivity contribution in [1.82, 2.24) is 10.3 Å². The first-order chi connectivity index (χ1) is 9.35. The van der Waals surface area contributed by atoms with Gasteiger partial charge in [0.2, 0.25) is 0 Å². The van der Waals surface area contributed by atoms with Crippen LogP contribution in [0.5, 0.6) is 5.75 Å². The molecule has 0 aliphatic rings. The fraction of sp³-hybridized carbons (Fsp3) is 0.400. The van der Waals surface area contributed by atoms with Crippen molar-refractivity contribution >= 4 is 11.3 Å². The van der Waals surface area contributed by atoms with E-state index in [0.29, 0.717) is 6.04 Å². The minimum atomic E-state index is 0.303. The molecule has 102 valence electrons. The highest BCUT2D eigenvalue weighted by Gasteiger charge is 2.17. The number of rotatable bonds is 7. The van der Waals surface area contributed by atoms with E-state index in [1.54, 1.807) is 18.4 Å². The van der Waals surface area contributed by atoms with Crippen molar-refractivity contribution in [2.45, 2.75) is 25.8 Å². The summed E-state index contributed by atoms with van der Waals surface area (Å²) in [5.41, 5.74) is 1.29. The Morgan fingerprint density at radius 1 is 1.32 bits per heavy atom. The van der Waals surface area contributed by atoms with Crippen molar-refractivity contribution in [3.8, 4) is 5.75 Å². The molecule has 0 radical (unpaired) electrons. The van der Waals surface area contributed by atoms with Crippen LogP contribution in [0.2, 0.25) is 0 Å². The first-order valence-electron chi connectivity index (χ1n) is 6.58. The Morgan fingerprint density at radius 2 is 2.11 bits per heavy atom. The van der Waals surface area contributed by atoms with Crippen molar-refractivity contribution < 1.29 is 4.74 Å². The Kier molecular flexibility index (Phi) is 5.36. The van der Waals surface area contributed by atoms with E-state index >= 15 is 0 Å². The van der Waals surface area contributed by atoms with E-state index < -0.39 is 0 Å². The Hall–Kier alpha value is -1.39. The highest BCUT2D eigenvalue weighted by atomic mass is 32.1. The monoisotopic (exact) mass is 276 g/mol. The molecule has 0 spiro atoms. The molecule has 0 aromatic carbocycles. The van der Waals surface area contributed by atoms with Gasteiger partial charge in [0.05, 0.1) is 12.0 Å². The fourth-order valence-electron chi connectivity index (χ4n) is 2.06. The first kappa shape index (κ1) is 14.0. The van der Waals surface area contributed by atoms with Crippen molar-refractivity contribution in [3.63, 3.8) is 0 Å². The molecule has 0 bridgehead atoms. The van der Waals surface area contributed by atoms with E-state index in [9.17, 15) is 0 Å².